The van der Waals surface area contributed by atoms with Gasteiger partial charge in [-0.1, -0.05) is 30.3 Å². The van der Waals surface area contributed by atoms with Crippen molar-refractivity contribution in [1.82, 2.24) is 15.7 Å². The summed E-state index contributed by atoms with van der Waals surface area (Å²) in [6, 6.07) is 15.1. The molecule has 4 rings (SSSR count). The van der Waals surface area contributed by atoms with Crippen LogP contribution in [0.25, 0.3) is 0 Å². The molecule has 2 aliphatic rings. The lowest BCUT2D eigenvalue weighted by Crippen LogP contribution is -2.47. The molecular weight excluding hydrogens is 437 g/mol. The van der Waals surface area contributed by atoms with Gasteiger partial charge < -0.3 is 10.1 Å². The second-order valence-corrected chi connectivity index (χ2v) is 8.16. The number of hydrogen-bond acceptors (Lipinski definition) is 6. The summed E-state index contributed by atoms with van der Waals surface area (Å²) in [6.07, 6.45) is -3.57. The molecule has 0 saturated carbocycles. The average molecular weight is 462 g/mol. The Labute approximate surface area is 189 Å². The van der Waals surface area contributed by atoms with Crippen LogP contribution in [-0.4, -0.2) is 48.4 Å². The molecule has 2 N–H and O–H groups in total. The van der Waals surface area contributed by atoms with Gasteiger partial charge in [0.1, 0.15) is 5.75 Å². The molecule has 0 radical (unpaired) electrons. The number of halogens is 3. The van der Waals surface area contributed by atoms with Gasteiger partial charge in [-0.25, -0.2) is 15.3 Å². The van der Waals surface area contributed by atoms with Gasteiger partial charge >= 0.3 is 6.36 Å². The molecule has 0 bridgehead atoms. The number of amides is 1. The van der Waals surface area contributed by atoms with Crippen molar-refractivity contribution in [1.29, 1.82) is 0 Å². The van der Waals surface area contributed by atoms with Gasteiger partial charge in [0, 0.05) is 31.5 Å². The maximum atomic E-state index is 12.5. The summed E-state index contributed by atoms with van der Waals surface area (Å²) < 4.78 is 40.9. The van der Waals surface area contributed by atoms with Gasteiger partial charge in [0.25, 0.3) is 0 Å². The molecule has 0 unspecified atom stereocenters. The van der Waals surface area contributed by atoms with Crippen LogP contribution in [-0.2, 0) is 9.63 Å². The molecule has 1 atom stereocenters. The molecule has 2 aromatic carbocycles. The SMILES string of the molecule is C[C@H](NC(=O)CN1CCC2(CC1)N=C(c1ccc(OC(F)(F)F)cc1)NO2)c1ccccc1. The molecule has 1 amide bonds. The van der Waals surface area contributed by atoms with E-state index in [-0.39, 0.29) is 24.2 Å². The maximum Gasteiger partial charge on any atom is 0.573 e. The molecule has 2 aliphatic heterocycles. The van der Waals surface area contributed by atoms with Crippen molar-refractivity contribution in [3.05, 3.63) is 65.7 Å². The molecule has 0 aromatic heterocycles. The number of nitrogens with one attached hydrogen (secondary N) is 2. The number of aliphatic imine (C=N–C) groups is 1. The number of nitrogens with zero attached hydrogens (tertiary/aromatic N) is 2. The van der Waals surface area contributed by atoms with Crippen LogP contribution in [0.4, 0.5) is 13.2 Å². The molecule has 2 aromatic rings. The zero-order valence-corrected chi connectivity index (χ0v) is 18.1. The maximum absolute atomic E-state index is 12.5. The van der Waals surface area contributed by atoms with E-state index in [2.05, 4.69) is 25.4 Å². The lowest BCUT2D eigenvalue weighted by atomic mass is 10.0. The fraction of sp³-hybridized carbons (Fsp3) is 0.391. The Hall–Kier alpha value is -3.11. The summed E-state index contributed by atoms with van der Waals surface area (Å²) in [5, 5.41) is 3.02. The molecule has 1 fully saturated rings. The van der Waals surface area contributed by atoms with E-state index in [0.717, 1.165) is 5.56 Å². The van der Waals surface area contributed by atoms with E-state index in [1.807, 2.05) is 37.3 Å². The fourth-order valence-corrected chi connectivity index (χ4v) is 3.92. The monoisotopic (exact) mass is 462 g/mol. The number of rotatable bonds is 6. The Morgan fingerprint density at radius 3 is 2.48 bits per heavy atom. The minimum atomic E-state index is -4.73. The number of carbonyl (C=O) groups excluding carboxylic acids is 1. The summed E-state index contributed by atoms with van der Waals surface area (Å²) >= 11 is 0. The highest BCUT2D eigenvalue weighted by Crippen LogP contribution is 2.31. The number of hydroxylamine groups is 1. The normalized spacial score (nSPS) is 19.0. The highest BCUT2D eigenvalue weighted by atomic mass is 19.4. The summed E-state index contributed by atoms with van der Waals surface area (Å²) in [5.41, 5.74) is 3.69. The predicted molar refractivity (Wildman–Crippen MR) is 115 cm³/mol. The molecular formula is C23H25F3N4O3. The molecule has 1 saturated heterocycles. The lowest BCUT2D eigenvalue weighted by Gasteiger charge is -2.35. The summed E-state index contributed by atoms with van der Waals surface area (Å²) in [7, 11) is 0. The standard InChI is InChI=1S/C23H25F3N4O3/c1-16(17-5-3-2-4-6-17)27-20(31)15-30-13-11-22(12-14-30)28-21(29-33-22)18-7-9-19(10-8-18)32-23(24,25)26/h2-10,16H,11-15H2,1H3,(H,27,31)(H,28,29)/t16-/m0/s1. The van der Waals surface area contributed by atoms with Crippen molar-refractivity contribution < 1.29 is 27.5 Å². The molecule has 0 aliphatic carbocycles. The molecule has 2 heterocycles. The van der Waals surface area contributed by atoms with E-state index in [4.69, 9.17) is 4.84 Å². The van der Waals surface area contributed by atoms with Gasteiger partial charge in [-0.2, -0.15) is 0 Å². The van der Waals surface area contributed by atoms with Crippen LogP contribution in [0, 0.1) is 0 Å². The summed E-state index contributed by atoms with van der Waals surface area (Å²) in [6.45, 7) is 3.50. The first-order valence-corrected chi connectivity index (χ1v) is 10.7. The smallest absolute Gasteiger partial charge is 0.406 e. The lowest BCUT2D eigenvalue weighted by molar-refractivity contribution is -0.274. The Balaban J connectivity index is 1.29. The highest BCUT2D eigenvalue weighted by molar-refractivity contribution is 5.99. The van der Waals surface area contributed by atoms with Gasteiger partial charge in [-0.3, -0.25) is 9.69 Å². The topological polar surface area (TPSA) is 75.2 Å². The molecule has 176 valence electrons. The summed E-state index contributed by atoms with van der Waals surface area (Å²) in [5.74, 6) is 0.114. The van der Waals surface area contributed by atoms with Crippen LogP contribution in [0.5, 0.6) is 5.75 Å². The van der Waals surface area contributed by atoms with E-state index in [9.17, 15) is 18.0 Å². The number of benzene rings is 2. The van der Waals surface area contributed by atoms with Gasteiger partial charge in [0.15, 0.2) is 11.6 Å². The largest absolute Gasteiger partial charge is 0.573 e. The predicted octanol–water partition coefficient (Wildman–Crippen LogP) is 3.54. The van der Waals surface area contributed by atoms with Gasteiger partial charge in [0.05, 0.1) is 12.6 Å². The van der Waals surface area contributed by atoms with Crippen molar-refractivity contribution in [2.75, 3.05) is 19.6 Å². The summed E-state index contributed by atoms with van der Waals surface area (Å²) in [4.78, 5) is 24.9. The zero-order valence-electron chi connectivity index (χ0n) is 18.1. The second-order valence-electron chi connectivity index (χ2n) is 8.16. The van der Waals surface area contributed by atoms with Crippen LogP contribution in [0.15, 0.2) is 59.6 Å². The molecule has 1 spiro atoms. The minimum absolute atomic E-state index is 0.0434. The van der Waals surface area contributed by atoms with Crippen molar-refractivity contribution in [3.8, 4) is 5.75 Å². The van der Waals surface area contributed by atoms with E-state index in [1.54, 1.807) is 0 Å². The highest BCUT2D eigenvalue weighted by Gasteiger charge is 2.40. The third kappa shape index (κ3) is 6.02. The van der Waals surface area contributed by atoms with Crippen molar-refractivity contribution in [2.45, 2.75) is 37.9 Å². The van der Waals surface area contributed by atoms with Crippen LogP contribution < -0.4 is 15.5 Å². The second kappa shape index (κ2) is 9.40. The van der Waals surface area contributed by atoms with Crippen LogP contribution in [0.3, 0.4) is 0 Å². The first-order chi connectivity index (χ1) is 15.7. The van der Waals surface area contributed by atoms with Crippen LogP contribution in [0.2, 0.25) is 0 Å². The minimum Gasteiger partial charge on any atom is -0.406 e. The van der Waals surface area contributed by atoms with E-state index >= 15 is 0 Å². The van der Waals surface area contributed by atoms with E-state index in [1.165, 1.54) is 24.3 Å². The average Bonchev–Trinajstić information content (AvgIpc) is 3.19. The quantitative estimate of drug-likeness (QED) is 0.687. The first kappa shape index (κ1) is 23.1. The van der Waals surface area contributed by atoms with Crippen molar-refractivity contribution in [2.24, 2.45) is 4.99 Å². The van der Waals surface area contributed by atoms with E-state index in [0.29, 0.717) is 37.3 Å². The van der Waals surface area contributed by atoms with Crippen LogP contribution >= 0.6 is 0 Å². The Morgan fingerprint density at radius 2 is 1.85 bits per heavy atom. The third-order valence-electron chi connectivity index (χ3n) is 5.70. The number of alkyl halides is 3. The number of carbonyl (C=O) groups is 1. The van der Waals surface area contributed by atoms with Gasteiger partial charge in [0.2, 0.25) is 5.91 Å². The fourth-order valence-electron chi connectivity index (χ4n) is 3.92. The molecule has 7 nitrogen and oxygen atoms in total. The number of amidine groups is 1. The van der Waals surface area contributed by atoms with Gasteiger partial charge in [-0.15, -0.1) is 13.2 Å². The number of piperidine rings is 1. The van der Waals surface area contributed by atoms with Crippen molar-refractivity contribution in [3.63, 3.8) is 0 Å². The molecule has 33 heavy (non-hydrogen) atoms. The number of hydrogen-bond donors (Lipinski definition) is 2. The first-order valence-electron chi connectivity index (χ1n) is 10.7. The zero-order chi connectivity index (χ0) is 23.5. The Morgan fingerprint density at radius 1 is 1.18 bits per heavy atom. The van der Waals surface area contributed by atoms with E-state index < -0.39 is 12.1 Å². The third-order valence-corrected chi connectivity index (χ3v) is 5.70. The Bertz CT molecular complexity index is 988. The van der Waals surface area contributed by atoms with Gasteiger partial charge in [-0.05, 0) is 36.8 Å². The Kier molecular flexibility index (Phi) is 6.57. The number of likely N-dealkylation sites (tertiary alicyclic amines) is 1. The number of ether oxygens (including phenoxy) is 1. The van der Waals surface area contributed by atoms with Crippen molar-refractivity contribution >= 4 is 11.7 Å². The van der Waals surface area contributed by atoms with Crippen LogP contribution in [0.1, 0.15) is 36.9 Å². The molecule has 10 heteroatoms.